The molecule has 24 heavy (non-hydrogen) atoms. The van der Waals surface area contributed by atoms with Crippen LogP contribution < -0.4 is 16.1 Å². The highest BCUT2D eigenvalue weighted by atomic mass is 16.3. The average Bonchev–Trinajstić information content (AvgIpc) is 2.55. The summed E-state index contributed by atoms with van der Waals surface area (Å²) in [7, 11) is 3.72. The van der Waals surface area contributed by atoms with Crippen LogP contribution in [0, 0.1) is 0 Å². The summed E-state index contributed by atoms with van der Waals surface area (Å²) in [5, 5.41) is 14.3. The number of aromatic amines is 1. The number of anilines is 1. The fourth-order valence-electron chi connectivity index (χ4n) is 2.30. The van der Waals surface area contributed by atoms with E-state index in [0.717, 1.165) is 10.4 Å². The van der Waals surface area contributed by atoms with Gasteiger partial charge in [-0.15, -0.1) is 4.68 Å². The normalized spacial score (nSPS) is 11.2. The number of H-pyrrole nitrogens is 1. The van der Waals surface area contributed by atoms with Crippen LogP contribution in [0.5, 0.6) is 5.75 Å². The molecule has 0 aliphatic heterocycles. The zero-order chi connectivity index (χ0) is 17.3. The third-order valence-corrected chi connectivity index (χ3v) is 3.63. The predicted molar refractivity (Wildman–Crippen MR) is 94.3 cm³/mol. The highest BCUT2D eigenvalue weighted by Gasteiger charge is 2.06. The smallest absolute Gasteiger partial charge is 0.349 e. The first-order valence-electron chi connectivity index (χ1n) is 7.26. The number of benzene rings is 2. The summed E-state index contributed by atoms with van der Waals surface area (Å²) in [6.45, 7) is 0. The van der Waals surface area contributed by atoms with E-state index in [-0.39, 0.29) is 5.75 Å². The van der Waals surface area contributed by atoms with Gasteiger partial charge in [0.15, 0.2) is 0 Å². The fraction of sp³-hybridized carbons (Fsp3) is 0.118. The Hall–Kier alpha value is -3.35. The zero-order valence-electron chi connectivity index (χ0n) is 13.2. The minimum atomic E-state index is -0.639. The molecule has 2 N–H and O–H groups in total. The maximum absolute atomic E-state index is 12.4. The van der Waals surface area contributed by atoms with Gasteiger partial charge in [-0.25, -0.2) is 4.79 Å². The summed E-state index contributed by atoms with van der Waals surface area (Å²) in [6.07, 6.45) is 1.28. The Labute approximate surface area is 137 Å². The Bertz CT molecular complexity index is 1050. The molecule has 0 radical (unpaired) electrons. The second kappa shape index (κ2) is 6.04. The molecule has 0 fully saturated rings. The quantitative estimate of drug-likeness (QED) is 0.711. The average molecular weight is 324 g/mol. The number of fused-ring (bicyclic) bond motifs is 1. The molecule has 0 bridgehead atoms. The van der Waals surface area contributed by atoms with Crippen molar-refractivity contribution in [1.82, 2.24) is 9.66 Å². The van der Waals surface area contributed by atoms with Crippen molar-refractivity contribution in [3.8, 4) is 5.75 Å². The number of rotatable bonds is 3. The highest BCUT2D eigenvalue weighted by molar-refractivity contribution is 5.84. The first-order valence-corrected chi connectivity index (χ1v) is 7.26. The number of hydrogen-bond acceptors (Lipinski definition) is 5. The van der Waals surface area contributed by atoms with Crippen LogP contribution >= 0.6 is 0 Å². The van der Waals surface area contributed by atoms with Gasteiger partial charge < -0.3 is 15.0 Å². The van der Waals surface area contributed by atoms with Crippen molar-refractivity contribution in [2.45, 2.75) is 0 Å². The first-order chi connectivity index (χ1) is 11.5. The lowest BCUT2D eigenvalue weighted by molar-refractivity contribution is 0.474. The number of aromatic nitrogens is 2. The lowest BCUT2D eigenvalue weighted by atomic mass is 10.2. The Morgan fingerprint density at radius 3 is 2.62 bits per heavy atom. The van der Waals surface area contributed by atoms with E-state index in [0.29, 0.717) is 16.5 Å². The zero-order valence-corrected chi connectivity index (χ0v) is 13.2. The Morgan fingerprint density at radius 2 is 1.92 bits per heavy atom. The van der Waals surface area contributed by atoms with E-state index in [1.165, 1.54) is 6.21 Å². The van der Waals surface area contributed by atoms with E-state index in [4.69, 9.17) is 0 Å². The molecule has 0 aliphatic rings. The fourth-order valence-corrected chi connectivity index (χ4v) is 2.30. The summed E-state index contributed by atoms with van der Waals surface area (Å²) < 4.78 is 0.738. The van der Waals surface area contributed by atoms with Crippen molar-refractivity contribution < 1.29 is 5.11 Å². The number of nitrogens with zero attached hydrogens (tertiary/aromatic N) is 3. The summed E-state index contributed by atoms with van der Waals surface area (Å²) in [6, 6.07) is 11.7. The molecule has 0 unspecified atom stereocenters. The minimum absolute atomic E-state index is 0.00946. The van der Waals surface area contributed by atoms with Gasteiger partial charge >= 0.3 is 5.69 Å². The van der Waals surface area contributed by atoms with Crippen LogP contribution in [0.15, 0.2) is 57.2 Å². The van der Waals surface area contributed by atoms with Gasteiger partial charge in [0.1, 0.15) is 5.75 Å². The van der Waals surface area contributed by atoms with Crippen molar-refractivity contribution in [3.63, 3.8) is 0 Å². The molecular weight excluding hydrogens is 308 g/mol. The molecule has 7 heteroatoms. The number of aromatic hydroxyl groups is 1. The number of phenols is 1. The first kappa shape index (κ1) is 15.5. The maximum Gasteiger partial charge on any atom is 0.349 e. The Morgan fingerprint density at radius 1 is 1.17 bits per heavy atom. The van der Waals surface area contributed by atoms with Crippen LogP contribution in [0.2, 0.25) is 0 Å². The molecule has 0 amide bonds. The van der Waals surface area contributed by atoms with Gasteiger partial charge in [0.2, 0.25) is 0 Å². The van der Waals surface area contributed by atoms with Gasteiger partial charge in [-0.05, 0) is 24.3 Å². The monoisotopic (exact) mass is 324 g/mol. The number of hydrogen-bond donors (Lipinski definition) is 2. The third kappa shape index (κ3) is 2.79. The molecule has 3 aromatic rings. The summed E-state index contributed by atoms with van der Waals surface area (Å²) >= 11 is 0. The van der Waals surface area contributed by atoms with Gasteiger partial charge in [-0.1, -0.05) is 12.1 Å². The summed E-state index contributed by atoms with van der Waals surface area (Å²) in [5.41, 5.74) is 0.525. The van der Waals surface area contributed by atoms with E-state index in [1.54, 1.807) is 42.5 Å². The van der Waals surface area contributed by atoms with Crippen LogP contribution in [0.3, 0.4) is 0 Å². The van der Waals surface area contributed by atoms with Crippen LogP contribution in [0.25, 0.3) is 10.9 Å². The molecular formula is C17H16N4O3. The van der Waals surface area contributed by atoms with E-state index < -0.39 is 11.2 Å². The van der Waals surface area contributed by atoms with Gasteiger partial charge in [0.05, 0.1) is 17.1 Å². The Balaban J connectivity index is 2.06. The number of phenolic OH excluding ortho intramolecular Hbond substituents is 1. The molecule has 3 rings (SSSR count). The van der Waals surface area contributed by atoms with Gasteiger partial charge in [-0.2, -0.15) is 5.10 Å². The lowest BCUT2D eigenvalue weighted by Gasteiger charge is -2.12. The standard InChI is InChI=1S/C17H16N4O3/c1-20(2)12-8-7-11(15(22)9-12)10-18-21-16(23)13-5-3-4-6-14(13)19-17(21)24/h3-10,22H,1-2H3,(H,19,24)/b18-10+. The van der Waals surface area contributed by atoms with Crippen molar-refractivity contribution in [1.29, 1.82) is 0 Å². The molecule has 122 valence electrons. The van der Waals surface area contributed by atoms with E-state index in [1.807, 2.05) is 19.0 Å². The SMILES string of the molecule is CN(C)c1ccc(/C=N/n2c(=O)[nH]c3ccccc3c2=O)c(O)c1. The molecule has 7 nitrogen and oxygen atoms in total. The third-order valence-electron chi connectivity index (χ3n) is 3.63. The second-order valence-corrected chi connectivity index (χ2v) is 5.47. The van der Waals surface area contributed by atoms with Crippen molar-refractivity contribution >= 4 is 22.8 Å². The van der Waals surface area contributed by atoms with Gasteiger partial charge in [0, 0.05) is 31.4 Å². The predicted octanol–water partition coefficient (Wildman–Crippen LogP) is 1.34. The van der Waals surface area contributed by atoms with Crippen LogP contribution in [0.1, 0.15) is 5.56 Å². The van der Waals surface area contributed by atoms with Crippen LogP contribution in [0.4, 0.5) is 5.69 Å². The molecule has 0 saturated heterocycles. The molecule has 2 aromatic carbocycles. The molecule has 0 aliphatic carbocycles. The van der Waals surface area contributed by atoms with E-state index in [9.17, 15) is 14.7 Å². The van der Waals surface area contributed by atoms with Crippen molar-refractivity contribution in [2.24, 2.45) is 5.10 Å². The van der Waals surface area contributed by atoms with Crippen LogP contribution in [-0.2, 0) is 0 Å². The topological polar surface area (TPSA) is 90.7 Å². The largest absolute Gasteiger partial charge is 0.507 e. The highest BCUT2D eigenvalue weighted by Crippen LogP contribution is 2.22. The molecule has 1 heterocycles. The lowest BCUT2D eigenvalue weighted by Crippen LogP contribution is -2.32. The van der Waals surface area contributed by atoms with E-state index in [2.05, 4.69) is 10.1 Å². The maximum atomic E-state index is 12.4. The molecule has 0 saturated carbocycles. The van der Waals surface area contributed by atoms with Crippen molar-refractivity contribution in [2.75, 3.05) is 19.0 Å². The van der Waals surface area contributed by atoms with Gasteiger partial charge in [-0.3, -0.25) is 4.79 Å². The number of nitrogens with one attached hydrogen (secondary N) is 1. The second-order valence-electron chi connectivity index (χ2n) is 5.47. The van der Waals surface area contributed by atoms with E-state index >= 15 is 0 Å². The molecule has 0 spiro atoms. The molecule has 0 atom stereocenters. The Kier molecular flexibility index (Phi) is 3.91. The molecule has 1 aromatic heterocycles. The number of para-hydroxylation sites is 1. The van der Waals surface area contributed by atoms with Crippen molar-refractivity contribution in [3.05, 3.63) is 68.9 Å². The van der Waals surface area contributed by atoms with Crippen LogP contribution in [-0.4, -0.2) is 35.1 Å². The summed E-state index contributed by atoms with van der Waals surface area (Å²) in [4.78, 5) is 28.8. The van der Waals surface area contributed by atoms with Gasteiger partial charge in [0.25, 0.3) is 5.56 Å². The summed E-state index contributed by atoms with van der Waals surface area (Å²) in [5.74, 6) is 0.00946. The minimum Gasteiger partial charge on any atom is -0.507 e.